The minimum absolute atomic E-state index is 0.164. The highest BCUT2D eigenvalue weighted by molar-refractivity contribution is 7.91. The van der Waals surface area contributed by atoms with E-state index in [4.69, 9.17) is 0 Å². The van der Waals surface area contributed by atoms with Crippen LogP contribution in [0.4, 0.5) is 0 Å². The first-order valence-corrected chi connectivity index (χ1v) is 7.53. The van der Waals surface area contributed by atoms with Gasteiger partial charge in [0.2, 0.25) is 0 Å². The van der Waals surface area contributed by atoms with Gasteiger partial charge in [-0.05, 0) is 36.5 Å². The van der Waals surface area contributed by atoms with Gasteiger partial charge in [0.25, 0.3) is 0 Å². The molecule has 0 aliphatic rings. The Morgan fingerprint density at radius 1 is 1.00 bits per heavy atom. The van der Waals surface area contributed by atoms with Crippen LogP contribution in [0.15, 0.2) is 29.2 Å². The minimum Gasteiger partial charge on any atom is -0.224 e. The lowest BCUT2D eigenvalue weighted by atomic mass is 9.94. The van der Waals surface area contributed by atoms with Gasteiger partial charge in [0.05, 0.1) is 10.6 Å². The second-order valence-electron chi connectivity index (χ2n) is 3.99. The van der Waals surface area contributed by atoms with Gasteiger partial charge < -0.3 is 0 Å². The zero-order valence-corrected chi connectivity index (χ0v) is 11.0. The van der Waals surface area contributed by atoms with Crippen LogP contribution >= 0.6 is 0 Å². The molecule has 0 aromatic heterocycles. The third-order valence-electron chi connectivity index (χ3n) is 3.08. The molecule has 1 rings (SSSR count). The van der Waals surface area contributed by atoms with Gasteiger partial charge in [0, 0.05) is 0 Å². The standard InChI is InChI=1S/C13H20O2S/c1-4-11(5-2)12-7-9-13(10-8-12)16(14,15)6-3/h7-11H,4-6H2,1-3H3. The Labute approximate surface area is 98.6 Å². The maximum Gasteiger partial charge on any atom is 0.178 e. The van der Waals surface area contributed by atoms with Gasteiger partial charge >= 0.3 is 0 Å². The molecule has 0 aliphatic heterocycles. The Bertz CT molecular complexity index is 414. The van der Waals surface area contributed by atoms with E-state index in [-0.39, 0.29) is 5.75 Å². The quantitative estimate of drug-likeness (QED) is 0.790. The van der Waals surface area contributed by atoms with Crippen molar-refractivity contribution >= 4 is 9.84 Å². The lowest BCUT2D eigenvalue weighted by Crippen LogP contribution is -2.04. The van der Waals surface area contributed by atoms with E-state index in [1.807, 2.05) is 12.1 Å². The molecule has 0 atom stereocenters. The zero-order valence-electron chi connectivity index (χ0n) is 10.2. The first kappa shape index (κ1) is 13.2. The van der Waals surface area contributed by atoms with Crippen molar-refractivity contribution < 1.29 is 8.42 Å². The van der Waals surface area contributed by atoms with Gasteiger partial charge in [-0.3, -0.25) is 0 Å². The Kier molecular flexibility index (Phi) is 4.54. The summed E-state index contributed by atoms with van der Waals surface area (Å²) < 4.78 is 23.2. The molecule has 1 aromatic carbocycles. The molecule has 2 nitrogen and oxygen atoms in total. The second-order valence-corrected chi connectivity index (χ2v) is 6.26. The Morgan fingerprint density at radius 2 is 1.50 bits per heavy atom. The van der Waals surface area contributed by atoms with Crippen LogP contribution in [0.25, 0.3) is 0 Å². The molecule has 0 unspecified atom stereocenters. The molecule has 0 N–H and O–H groups in total. The molecule has 0 radical (unpaired) electrons. The molecule has 90 valence electrons. The first-order valence-electron chi connectivity index (χ1n) is 5.87. The normalized spacial score (nSPS) is 12.0. The molecular formula is C13H20O2S. The van der Waals surface area contributed by atoms with Crippen molar-refractivity contribution in [2.75, 3.05) is 5.75 Å². The molecule has 0 spiro atoms. The van der Waals surface area contributed by atoms with Crippen LogP contribution < -0.4 is 0 Å². The fourth-order valence-electron chi connectivity index (χ4n) is 1.87. The first-order chi connectivity index (χ1) is 7.55. The second kappa shape index (κ2) is 5.48. The predicted molar refractivity (Wildman–Crippen MR) is 67.5 cm³/mol. The van der Waals surface area contributed by atoms with E-state index in [0.29, 0.717) is 10.8 Å². The summed E-state index contributed by atoms with van der Waals surface area (Å²) in [4.78, 5) is 0.435. The van der Waals surface area contributed by atoms with E-state index in [0.717, 1.165) is 12.8 Å². The summed E-state index contributed by atoms with van der Waals surface area (Å²) >= 11 is 0. The highest BCUT2D eigenvalue weighted by Gasteiger charge is 2.12. The zero-order chi connectivity index (χ0) is 12.2. The van der Waals surface area contributed by atoms with Crippen LogP contribution in [0.2, 0.25) is 0 Å². The summed E-state index contributed by atoms with van der Waals surface area (Å²) in [7, 11) is -3.05. The van der Waals surface area contributed by atoms with E-state index in [1.165, 1.54) is 5.56 Å². The van der Waals surface area contributed by atoms with Gasteiger partial charge in [0.15, 0.2) is 9.84 Å². The third-order valence-corrected chi connectivity index (χ3v) is 4.83. The molecule has 0 saturated carbocycles. The monoisotopic (exact) mass is 240 g/mol. The SMILES string of the molecule is CCC(CC)c1ccc(S(=O)(=O)CC)cc1. The van der Waals surface area contributed by atoms with E-state index < -0.39 is 9.84 Å². The third kappa shape index (κ3) is 2.85. The molecule has 1 aromatic rings. The summed E-state index contributed by atoms with van der Waals surface area (Å²) in [6, 6.07) is 7.35. The van der Waals surface area contributed by atoms with Crippen LogP contribution in [-0.4, -0.2) is 14.2 Å². The average Bonchev–Trinajstić information content (AvgIpc) is 2.31. The van der Waals surface area contributed by atoms with E-state index in [9.17, 15) is 8.42 Å². The maximum atomic E-state index is 11.6. The molecule has 16 heavy (non-hydrogen) atoms. The van der Waals surface area contributed by atoms with Crippen LogP contribution in [-0.2, 0) is 9.84 Å². The van der Waals surface area contributed by atoms with Crippen LogP contribution in [0.5, 0.6) is 0 Å². The largest absolute Gasteiger partial charge is 0.224 e. The summed E-state index contributed by atoms with van der Waals surface area (Å²) in [6.45, 7) is 5.99. The van der Waals surface area contributed by atoms with Gasteiger partial charge in [-0.15, -0.1) is 0 Å². The van der Waals surface area contributed by atoms with Gasteiger partial charge in [0.1, 0.15) is 0 Å². The molecule has 0 amide bonds. The molecule has 0 bridgehead atoms. The summed E-state index contributed by atoms with van der Waals surface area (Å²) in [5, 5.41) is 0. The number of benzene rings is 1. The van der Waals surface area contributed by atoms with Crippen molar-refractivity contribution in [3.63, 3.8) is 0 Å². The van der Waals surface area contributed by atoms with Crippen molar-refractivity contribution in [1.82, 2.24) is 0 Å². The van der Waals surface area contributed by atoms with Crippen LogP contribution in [0.3, 0.4) is 0 Å². The van der Waals surface area contributed by atoms with Crippen molar-refractivity contribution in [3.8, 4) is 0 Å². The van der Waals surface area contributed by atoms with Crippen LogP contribution in [0, 0.1) is 0 Å². The Balaban J connectivity index is 3.00. The number of hydrogen-bond acceptors (Lipinski definition) is 2. The highest BCUT2D eigenvalue weighted by atomic mass is 32.2. The molecule has 3 heteroatoms. The summed E-state index contributed by atoms with van der Waals surface area (Å²) in [5.74, 6) is 0.704. The van der Waals surface area contributed by atoms with Crippen molar-refractivity contribution in [2.45, 2.75) is 44.4 Å². The highest BCUT2D eigenvalue weighted by Crippen LogP contribution is 2.24. The van der Waals surface area contributed by atoms with Crippen molar-refractivity contribution in [3.05, 3.63) is 29.8 Å². The Morgan fingerprint density at radius 3 is 1.88 bits per heavy atom. The minimum atomic E-state index is -3.05. The molecule has 0 aliphatic carbocycles. The predicted octanol–water partition coefficient (Wildman–Crippen LogP) is 3.38. The molecule has 0 saturated heterocycles. The van der Waals surface area contributed by atoms with Gasteiger partial charge in [-0.1, -0.05) is 32.9 Å². The van der Waals surface area contributed by atoms with Gasteiger partial charge in [-0.2, -0.15) is 0 Å². The van der Waals surface area contributed by atoms with Gasteiger partial charge in [-0.25, -0.2) is 8.42 Å². The topological polar surface area (TPSA) is 34.1 Å². The lowest BCUT2D eigenvalue weighted by molar-refractivity contribution is 0.597. The van der Waals surface area contributed by atoms with E-state index in [2.05, 4.69) is 13.8 Å². The Hall–Kier alpha value is -0.830. The fraction of sp³-hybridized carbons (Fsp3) is 0.538. The van der Waals surface area contributed by atoms with E-state index in [1.54, 1.807) is 19.1 Å². The summed E-state index contributed by atoms with van der Waals surface area (Å²) in [5.41, 5.74) is 1.24. The number of hydrogen-bond donors (Lipinski definition) is 0. The maximum absolute atomic E-state index is 11.6. The van der Waals surface area contributed by atoms with Crippen molar-refractivity contribution in [2.24, 2.45) is 0 Å². The number of sulfone groups is 1. The molecule has 0 heterocycles. The average molecular weight is 240 g/mol. The van der Waals surface area contributed by atoms with Crippen LogP contribution in [0.1, 0.15) is 45.1 Å². The summed E-state index contributed by atoms with van der Waals surface area (Å²) in [6.07, 6.45) is 2.19. The van der Waals surface area contributed by atoms with E-state index >= 15 is 0 Å². The number of rotatable bonds is 5. The fourth-order valence-corrected chi connectivity index (χ4v) is 2.76. The molecule has 0 fully saturated rings. The van der Waals surface area contributed by atoms with Crippen molar-refractivity contribution in [1.29, 1.82) is 0 Å². The molecular weight excluding hydrogens is 220 g/mol. The smallest absolute Gasteiger partial charge is 0.178 e. The lowest BCUT2D eigenvalue weighted by Gasteiger charge is -2.13.